The second-order valence-electron chi connectivity index (χ2n) is 7.17. The Labute approximate surface area is 187 Å². The van der Waals surface area contributed by atoms with Gasteiger partial charge >= 0.3 is 12.1 Å². The first-order valence-electron chi connectivity index (χ1n) is 9.93. The molecule has 0 bridgehead atoms. The van der Waals surface area contributed by atoms with Crippen LogP contribution in [-0.4, -0.2) is 29.6 Å². The number of ether oxygens (including phenoxy) is 2. The number of aromatic nitrogens is 2. The second-order valence-corrected chi connectivity index (χ2v) is 7.17. The molecule has 1 aromatic heterocycles. The summed E-state index contributed by atoms with van der Waals surface area (Å²) in [6.45, 7) is 0.733. The first-order chi connectivity index (χ1) is 15.7. The zero-order valence-corrected chi connectivity index (χ0v) is 17.8. The van der Waals surface area contributed by atoms with Crippen LogP contribution in [0.25, 0.3) is 0 Å². The van der Waals surface area contributed by atoms with E-state index in [-0.39, 0.29) is 43.5 Å². The van der Waals surface area contributed by atoms with Gasteiger partial charge in [-0.25, -0.2) is 4.79 Å². The van der Waals surface area contributed by atoms with Gasteiger partial charge in [-0.3, -0.25) is 14.3 Å². The lowest BCUT2D eigenvalue weighted by molar-refractivity contribution is -0.274. The highest BCUT2D eigenvalue weighted by molar-refractivity contribution is 5.62. The molecule has 3 N–H and O–H groups in total. The van der Waals surface area contributed by atoms with Crippen molar-refractivity contribution in [2.24, 2.45) is 0 Å². The predicted octanol–water partition coefficient (Wildman–Crippen LogP) is 2.87. The molecule has 11 heteroatoms. The number of hydrogen-bond acceptors (Lipinski definition) is 6. The normalized spacial score (nSPS) is 11.4. The minimum absolute atomic E-state index is 0.0336. The molecule has 0 spiro atoms. The smallest absolute Gasteiger partial charge is 0.406 e. The minimum atomic E-state index is -4.79. The third-order valence-electron chi connectivity index (χ3n) is 4.80. The number of nitrogen functional groups attached to an aromatic ring is 1. The molecule has 0 unspecified atom stereocenters. The number of rotatable bonds is 9. The van der Waals surface area contributed by atoms with Crippen LogP contribution in [-0.2, 0) is 24.4 Å². The number of benzene rings is 2. The van der Waals surface area contributed by atoms with Crippen molar-refractivity contribution in [1.82, 2.24) is 9.55 Å². The Kier molecular flexibility index (Phi) is 7.44. The van der Waals surface area contributed by atoms with Crippen molar-refractivity contribution >= 4 is 11.5 Å². The van der Waals surface area contributed by atoms with Gasteiger partial charge < -0.3 is 20.1 Å². The van der Waals surface area contributed by atoms with Crippen molar-refractivity contribution < 1.29 is 22.6 Å². The van der Waals surface area contributed by atoms with Crippen molar-refractivity contribution in [3.05, 3.63) is 86.6 Å². The average Bonchev–Trinajstić information content (AvgIpc) is 2.74. The molecular formula is C22H23F3N4O4. The Balaban J connectivity index is 1.99. The molecule has 3 aromatic rings. The van der Waals surface area contributed by atoms with E-state index in [1.807, 2.05) is 30.3 Å². The van der Waals surface area contributed by atoms with Crippen molar-refractivity contribution in [3.63, 3.8) is 0 Å². The van der Waals surface area contributed by atoms with Crippen LogP contribution in [0.2, 0.25) is 0 Å². The molecule has 0 fully saturated rings. The Bertz CT molecular complexity index is 1180. The standard InChI is InChI=1S/C22H23F3N4O4/c1-32-12-11-29-19(26)18(20(30)27-21(29)31)28(13-15-5-3-2-4-6-15)14-16-7-9-17(10-8-16)33-22(23,24)25/h2-10H,11-14,26H2,1H3,(H,27,30,31). The van der Waals surface area contributed by atoms with Crippen LogP contribution < -0.4 is 26.6 Å². The maximum atomic E-state index is 12.8. The van der Waals surface area contributed by atoms with E-state index in [1.165, 1.54) is 35.9 Å². The molecule has 0 saturated heterocycles. The Morgan fingerprint density at radius 1 is 1.00 bits per heavy atom. The molecule has 8 nitrogen and oxygen atoms in total. The number of nitrogens with two attached hydrogens (primary N) is 1. The molecule has 0 aliphatic heterocycles. The number of alkyl halides is 3. The summed E-state index contributed by atoms with van der Waals surface area (Å²) >= 11 is 0. The van der Waals surface area contributed by atoms with Gasteiger partial charge in [0.1, 0.15) is 17.3 Å². The van der Waals surface area contributed by atoms with E-state index in [4.69, 9.17) is 10.5 Å². The van der Waals surface area contributed by atoms with E-state index in [0.717, 1.165) is 5.56 Å². The van der Waals surface area contributed by atoms with E-state index >= 15 is 0 Å². The summed E-state index contributed by atoms with van der Waals surface area (Å²) in [5.74, 6) is -0.389. The third-order valence-corrected chi connectivity index (χ3v) is 4.80. The van der Waals surface area contributed by atoms with E-state index in [0.29, 0.717) is 5.56 Å². The highest BCUT2D eigenvalue weighted by Crippen LogP contribution is 2.25. The van der Waals surface area contributed by atoms with Crippen LogP contribution in [0.5, 0.6) is 5.75 Å². The molecule has 0 saturated carbocycles. The van der Waals surface area contributed by atoms with Crippen molar-refractivity contribution in [3.8, 4) is 5.75 Å². The van der Waals surface area contributed by atoms with Gasteiger partial charge in [-0.2, -0.15) is 0 Å². The SMILES string of the molecule is COCCn1c(N)c(N(Cc2ccccc2)Cc2ccc(OC(F)(F)F)cc2)c(=O)[nH]c1=O. The summed E-state index contributed by atoms with van der Waals surface area (Å²) in [4.78, 5) is 28.9. The van der Waals surface area contributed by atoms with Crippen LogP contribution in [0.4, 0.5) is 24.7 Å². The Hall–Kier alpha value is -3.73. The highest BCUT2D eigenvalue weighted by Gasteiger charge is 2.31. The Morgan fingerprint density at radius 3 is 2.18 bits per heavy atom. The number of methoxy groups -OCH3 is 1. The molecule has 0 aliphatic carbocycles. The zero-order chi connectivity index (χ0) is 24.0. The first kappa shape index (κ1) is 23.9. The van der Waals surface area contributed by atoms with Gasteiger partial charge in [0.2, 0.25) is 0 Å². The maximum Gasteiger partial charge on any atom is 0.573 e. The van der Waals surface area contributed by atoms with Crippen LogP contribution in [0.15, 0.2) is 64.2 Å². The van der Waals surface area contributed by atoms with Crippen LogP contribution in [0, 0.1) is 0 Å². The quantitative estimate of drug-likeness (QED) is 0.505. The zero-order valence-electron chi connectivity index (χ0n) is 17.8. The fourth-order valence-electron chi connectivity index (χ4n) is 3.32. The minimum Gasteiger partial charge on any atom is -0.406 e. The van der Waals surface area contributed by atoms with E-state index < -0.39 is 17.6 Å². The molecule has 0 aliphatic rings. The largest absolute Gasteiger partial charge is 0.573 e. The van der Waals surface area contributed by atoms with E-state index in [1.54, 1.807) is 4.90 Å². The molecule has 3 rings (SSSR count). The van der Waals surface area contributed by atoms with Crippen molar-refractivity contribution in [1.29, 1.82) is 0 Å². The van der Waals surface area contributed by atoms with Crippen LogP contribution >= 0.6 is 0 Å². The third kappa shape index (κ3) is 6.39. The topological polar surface area (TPSA) is 103 Å². The monoisotopic (exact) mass is 464 g/mol. The molecule has 0 radical (unpaired) electrons. The lowest BCUT2D eigenvalue weighted by Gasteiger charge is -2.26. The van der Waals surface area contributed by atoms with E-state index in [2.05, 4.69) is 9.72 Å². The van der Waals surface area contributed by atoms with Crippen molar-refractivity contribution in [2.75, 3.05) is 24.4 Å². The number of nitrogens with zero attached hydrogens (tertiary/aromatic N) is 2. The molecular weight excluding hydrogens is 441 g/mol. The summed E-state index contributed by atoms with van der Waals surface area (Å²) in [6, 6.07) is 14.5. The lowest BCUT2D eigenvalue weighted by Crippen LogP contribution is -2.38. The molecule has 2 aromatic carbocycles. The molecule has 0 amide bonds. The second kappa shape index (κ2) is 10.3. The number of halogens is 3. The number of anilines is 2. The average molecular weight is 464 g/mol. The predicted molar refractivity (Wildman–Crippen MR) is 117 cm³/mol. The molecule has 176 valence electrons. The maximum absolute atomic E-state index is 12.8. The number of nitrogens with one attached hydrogen (secondary N) is 1. The summed E-state index contributed by atoms with van der Waals surface area (Å²) < 4.78 is 47.5. The Morgan fingerprint density at radius 2 is 1.61 bits per heavy atom. The van der Waals surface area contributed by atoms with Gasteiger partial charge in [0.15, 0.2) is 0 Å². The fraction of sp³-hybridized carbons (Fsp3) is 0.273. The fourth-order valence-corrected chi connectivity index (χ4v) is 3.32. The van der Waals surface area contributed by atoms with E-state index in [9.17, 15) is 22.8 Å². The van der Waals surface area contributed by atoms with Crippen LogP contribution in [0.1, 0.15) is 11.1 Å². The summed E-state index contributed by atoms with van der Waals surface area (Å²) in [7, 11) is 1.47. The van der Waals surface area contributed by atoms with Gasteiger partial charge in [-0.05, 0) is 23.3 Å². The number of aromatic amines is 1. The molecule has 1 heterocycles. The summed E-state index contributed by atoms with van der Waals surface area (Å²) in [5, 5.41) is 0. The van der Waals surface area contributed by atoms with Gasteiger partial charge in [0, 0.05) is 20.2 Å². The van der Waals surface area contributed by atoms with Gasteiger partial charge in [0.05, 0.1) is 13.2 Å². The molecule has 33 heavy (non-hydrogen) atoms. The van der Waals surface area contributed by atoms with Crippen LogP contribution in [0.3, 0.4) is 0 Å². The summed E-state index contributed by atoms with van der Waals surface area (Å²) in [5.41, 5.74) is 6.44. The first-order valence-corrected chi connectivity index (χ1v) is 9.93. The van der Waals surface area contributed by atoms with Crippen molar-refractivity contribution in [2.45, 2.75) is 26.0 Å². The number of hydrogen-bond donors (Lipinski definition) is 2. The van der Waals surface area contributed by atoms with Gasteiger partial charge in [-0.1, -0.05) is 42.5 Å². The van der Waals surface area contributed by atoms with Gasteiger partial charge in [0.25, 0.3) is 5.56 Å². The lowest BCUT2D eigenvalue weighted by atomic mass is 10.1. The summed E-state index contributed by atoms with van der Waals surface area (Å²) in [6.07, 6.45) is -4.79. The highest BCUT2D eigenvalue weighted by atomic mass is 19.4. The molecule has 0 atom stereocenters. The number of H-pyrrole nitrogens is 1. The van der Waals surface area contributed by atoms with Gasteiger partial charge in [-0.15, -0.1) is 13.2 Å².